The molecule has 1 aromatic heterocycles. The van der Waals surface area contributed by atoms with Crippen LogP contribution >= 0.6 is 15.9 Å². The van der Waals surface area contributed by atoms with E-state index in [4.69, 9.17) is 0 Å². The van der Waals surface area contributed by atoms with Gasteiger partial charge in [0.05, 0.1) is 5.52 Å². The van der Waals surface area contributed by atoms with Gasteiger partial charge in [0.25, 0.3) is 0 Å². The topological polar surface area (TPSA) is 16.1 Å². The summed E-state index contributed by atoms with van der Waals surface area (Å²) in [6.07, 6.45) is 4.56. The first-order valence-electron chi connectivity index (χ1n) is 6.98. The van der Waals surface area contributed by atoms with Crippen LogP contribution < -0.4 is 0 Å². The average molecular weight is 319 g/mol. The average Bonchev–Trinajstić information content (AvgIpc) is 2.48. The number of alkyl halides is 1. The van der Waals surface area contributed by atoms with Gasteiger partial charge in [-0.05, 0) is 36.9 Å². The van der Waals surface area contributed by atoms with Crippen LogP contribution in [-0.4, -0.2) is 28.3 Å². The van der Waals surface area contributed by atoms with Crippen molar-refractivity contribution < 1.29 is 0 Å². The normalized spacial score (nSPS) is 20.8. The van der Waals surface area contributed by atoms with Crippen molar-refractivity contribution in [1.29, 1.82) is 0 Å². The Hall–Kier alpha value is -0.930. The second-order valence-corrected chi connectivity index (χ2v) is 6.04. The molecule has 1 fully saturated rings. The van der Waals surface area contributed by atoms with Gasteiger partial charge >= 0.3 is 0 Å². The molecule has 0 bridgehead atoms. The lowest BCUT2D eigenvalue weighted by Crippen LogP contribution is -2.35. The van der Waals surface area contributed by atoms with Gasteiger partial charge in [-0.15, -0.1) is 0 Å². The number of pyridine rings is 1. The van der Waals surface area contributed by atoms with E-state index in [1.807, 2.05) is 12.3 Å². The Morgan fingerprint density at radius 1 is 1.26 bits per heavy atom. The van der Waals surface area contributed by atoms with Crippen LogP contribution in [0.3, 0.4) is 0 Å². The van der Waals surface area contributed by atoms with E-state index in [2.05, 4.69) is 50.1 Å². The Bertz CT molecular complexity index is 550. The Morgan fingerprint density at radius 3 is 3.05 bits per heavy atom. The van der Waals surface area contributed by atoms with Crippen LogP contribution in [0.1, 0.15) is 18.4 Å². The summed E-state index contributed by atoms with van der Waals surface area (Å²) in [6, 6.07) is 10.7. The van der Waals surface area contributed by atoms with Crippen LogP contribution in [-0.2, 0) is 6.54 Å². The highest BCUT2D eigenvalue weighted by Gasteiger charge is 2.19. The van der Waals surface area contributed by atoms with E-state index in [1.165, 1.54) is 36.9 Å². The summed E-state index contributed by atoms with van der Waals surface area (Å²) in [7, 11) is 0. The molecular weight excluding hydrogens is 300 g/mol. The Labute approximate surface area is 123 Å². The first-order chi connectivity index (χ1) is 9.36. The number of fused-ring (bicyclic) bond motifs is 1. The summed E-state index contributed by atoms with van der Waals surface area (Å²) >= 11 is 3.62. The molecule has 0 spiro atoms. The quantitative estimate of drug-likeness (QED) is 0.799. The predicted octanol–water partition coefficient (Wildman–Crippen LogP) is 3.84. The van der Waals surface area contributed by atoms with E-state index in [-0.39, 0.29) is 0 Å². The van der Waals surface area contributed by atoms with Gasteiger partial charge in [0.2, 0.25) is 0 Å². The van der Waals surface area contributed by atoms with Gasteiger partial charge in [-0.25, -0.2) is 0 Å². The van der Waals surface area contributed by atoms with Gasteiger partial charge in [-0.3, -0.25) is 9.88 Å². The van der Waals surface area contributed by atoms with E-state index in [9.17, 15) is 0 Å². The maximum absolute atomic E-state index is 4.55. The Kier molecular flexibility index (Phi) is 4.14. The molecule has 0 N–H and O–H groups in total. The minimum Gasteiger partial charge on any atom is -0.299 e. The lowest BCUT2D eigenvalue weighted by atomic mass is 9.99. The van der Waals surface area contributed by atoms with E-state index >= 15 is 0 Å². The molecule has 0 radical (unpaired) electrons. The number of aromatic nitrogens is 1. The molecule has 3 rings (SSSR count). The summed E-state index contributed by atoms with van der Waals surface area (Å²) in [4.78, 5) is 7.12. The third-order valence-corrected chi connectivity index (χ3v) is 4.85. The van der Waals surface area contributed by atoms with Crippen LogP contribution in [0.25, 0.3) is 10.9 Å². The number of para-hydroxylation sites is 1. The third-order valence-electron chi connectivity index (χ3n) is 3.93. The number of likely N-dealkylation sites (tertiary alicyclic amines) is 1. The van der Waals surface area contributed by atoms with Crippen molar-refractivity contribution in [3.05, 3.63) is 42.1 Å². The fourth-order valence-corrected chi connectivity index (χ4v) is 3.49. The van der Waals surface area contributed by atoms with Crippen LogP contribution in [0.4, 0.5) is 0 Å². The molecule has 2 nitrogen and oxygen atoms in total. The number of rotatable bonds is 3. The standard InChI is InChI=1S/C16H19BrN2/c17-10-13-4-3-9-19(11-13)12-15-6-1-5-14-7-2-8-18-16(14)15/h1-2,5-8,13H,3-4,9-12H2. The maximum atomic E-state index is 4.55. The molecule has 0 saturated carbocycles. The predicted molar refractivity (Wildman–Crippen MR) is 83.5 cm³/mol. The van der Waals surface area contributed by atoms with E-state index in [0.717, 1.165) is 23.3 Å². The van der Waals surface area contributed by atoms with Crippen molar-refractivity contribution in [1.82, 2.24) is 9.88 Å². The minimum absolute atomic E-state index is 0.802. The zero-order valence-corrected chi connectivity index (χ0v) is 12.6. The third kappa shape index (κ3) is 2.98. The molecule has 1 aromatic carbocycles. The summed E-state index contributed by atoms with van der Waals surface area (Å²) in [6.45, 7) is 3.44. The number of hydrogen-bond donors (Lipinski definition) is 0. The molecule has 19 heavy (non-hydrogen) atoms. The van der Waals surface area contributed by atoms with Crippen LogP contribution in [0, 0.1) is 5.92 Å². The molecule has 2 heterocycles. The molecule has 1 aliphatic rings. The van der Waals surface area contributed by atoms with Crippen molar-refractivity contribution in [2.24, 2.45) is 5.92 Å². The van der Waals surface area contributed by atoms with E-state index in [1.54, 1.807) is 0 Å². The van der Waals surface area contributed by atoms with E-state index in [0.29, 0.717) is 0 Å². The first kappa shape index (κ1) is 13.1. The first-order valence-corrected chi connectivity index (χ1v) is 8.10. The minimum atomic E-state index is 0.802. The fourth-order valence-electron chi connectivity index (χ4n) is 2.96. The SMILES string of the molecule is BrCC1CCCN(Cc2cccc3cccnc23)C1. The number of hydrogen-bond acceptors (Lipinski definition) is 2. The highest BCUT2D eigenvalue weighted by Crippen LogP contribution is 2.22. The zero-order chi connectivity index (χ0) is 13.1. The van der Waals surface area contributed by atoms with Gasteiger partial charge in [0.1, 0.15) is 0 Å². The van der Waals surface area contributed by atoms with Crippen LogP contribution in [0.5, 0.6) is 0 Å². The van der Waals surface area contributed by atoms with Gasteiger partial charge in [-0.1, -0.05) is 40.2 Å². The molecule has 3 heteroatoms. The fraction of sp³-hybridized carbons (Fsp3) is 0.438. The highest BCUT2D eigenvalue weighted by atomic mass is 79.9. The summed E-state index contributed by atoms with van der Waals surface area (Å²) in [5, 5.41) is 2.37. The number of piperidine rings is 1. The number of benzene rings is 1. The molecule has 1 aliphatic heterocycles. The largest absolute Gasteiger partial charge is 0.299 e. The second kappa shape index (κ2) is 6.02. The van der Waals surface area contributed by atoms with Crippen molar-refractivity contribution in [2.45, 2.75) is 19.4 Å². The van der Waals surface area contributed by atoms with E-state index < -0.39 is 0 Å². The molecule has 1 unspecified atom stereocenters. The second-order valence-electron chi connectivity index (χ2n) is 5.39. The zero-order valence-electron chi connectivity index (χ0n) is 11.1. The van der Waals surface area contributed by atoms with Crippen molar-refractivity contribution >= 4 is 26.8 Å². The number of halogens is 1. The molecule has 0 aliphatic carbocycles. The molecule has 100 valence electrons. The van der Waals surface area contributed by atoms with Gasteiger partial charge in [0.15, 0.2) is 0 Å². The molecular formula is C16H19BrN2. The molecule has 1 saturated heterocycles. The van der Waals surface area contributed by atoms with Crippen molar-refractivity contribution in [2.75, 3.05) is 18.4 Å². The molecule has 2 aromatic rings. The van der Waals surface area contributed by atoms with Crippen LogP contribution in [0.15, 0.2) is 36.5 Å². The Morgan fingerprint density at radius 2 is 2.16 bits per heavy atom. The van der Waals surface area contributed by atoms with Crippen molar-refractivity contribution in [3.8, 4) is 0 Å². The Balaban J connectivity index is 1.81. The summed E-state index contributed by atoms with van der Waals surface area (Å²) in [5.74, 6) is 0.802. The van der Waals surface area contributed by atoms with Gasteiger partial charge in [-0.2, -0.15) is 0 Å². The summed E-state index contributed by atoms with van der Waals surface area (Å²) < 4.78 is 0. The highest BCUT2D eigenvalue weighted by molar-refractivity contribution is 9.09. The van der Waals surface area contributed by atoms with Gasteiger partial charge in [0, 0.05) is 30.0 Å². The van der Waals surface area contributed by atoms with Crippen LogP contribution in [0.2, 0.25) is 0 Å². The monoisotopic (exact) mass is 318 g/mol. The maximum Gasteiger partial charge on any atom is 0.0746 e. The molecule has 1 atom stereocenters. The molecule has 0 amide bonds. The smallest absolute Gasteiger partial charge is 0.0746 e. The van der Waals surface area contributed by atoms with Crippen molar-refractivity contribution in [3.63, 3.8) is 0 Å². The lowest BCUT2D eigenvalue weighted by molar-refractivity contribution is 0.180. The lowest BCUT2D eigenvalue weighted by Gasteiger charge is -2.32. The van der Waals surface area contributed by atoms with Gasteiger partial charge < -0.3 is 0 Å². The summed E-state index contributed by atoms with van der Waals surface area (Å²) in [5.41, 5.74) is 2.51. The number of nitrogens with zero attached hydrogens (tertiary/aromatic N) is 2.